The Balaban J connectivity index is 2.00. The number of likely N-dealkylation sites (N-methyl/N-ethyl adjacent to an activating group) is 1. The number of hydrogen-bond acceptors (Lipinski definition) is 4. The molecule has 0 fully saturated rings. The fourth-order valence-electron chi connectivity index (χ4n) is 3.73. The van der Waals surface area contributed by atoms with E-state index in [1.165, 1.54) is 11.9 Å². The fraction of sp³-hybridized carbons (Fsp3) is 0.231. The third-order valence-corrected chi connectivity index (χ3v) is 7.97. The molecule has 3 aromatic carbocycles. The van der Waals surface area contributed by atoms with Crippen LogP contribution in [-0.4, -0.2) is 51.0 Å². The second kappa shape index (κ2) is 12.7. The molecule has 2 amide bonds. The minimum Gasteiger partial charge on any atom is -0.357 e. The summed E-state index contributed by atoms with van der Waals surface area (Å²) in [6, 6.07) is 22.9. The minimum atomic E-state index is -3.77. The van der Waals surface area contributed by atoms with Crippen LogP contribution in [0.25, 0.3) is 0 Å². The van der Waals surface area contributed by atoms with Crippen molar-refractivity contribution in [2.75, 3.05) is 24.2 Å². The van der Waals surface area contributed by atoms with Gasteiger partial charge >= 0.3 is 0 Å². The average molecular weight is 684 g/mol. The number of carbonyl (C=O) groups excluding carboxylic acids is 2. The second-order valence-electron chi connectivity index (χ2n) is 8.21. The standard InChI is InChI=1S/C26H27BrIN3O4S/c1-29-26(33)24(16-19-6-4-3-5-7-19)30(17-20-8-10-21(27)11-9-20)25(32)18-31(36(2,34)35)23-14-12-22(28)13-15-23/h3-15,24H,16-18H2,1-2H3,(H,29,33). The van der Waals surface area contributed by atoms with Crippen LogP contribution >= 0.6 is 38.5 Å². The van der Waals surface area contributed by atoms with E-state index in [1.54, 1.807) is 24.3 Å². The van der Waals surface area contributed by atoms with Crippen molar-refractivity contribution in [3.8, 4) is 0 Å². The molecule has 0 aliphatic carbocycles. The number of anilines is 1. The molecule has 1 N–H and O–H groups in total. The van der Waals surface area contributed by atoms with Crippen LogP contribution in [0.1, 0.15) is 11.1 Å². The van der Waals surface area contributed by atoms with E-state index < -0.39 is 28.5 Å². The van der Waals surface area contributed by atoms with Crippen LogP contribution < -0.4 is 9.62 Å². The van der Waals surface area contributed by atoms with Crippen LogP contribution in [0, 0.1) is 3.57 Å². The summed E-state index contributed by atoms with van der Waals surface area (Å²) < 4.78 is 28.3. The molecule has 1 atom stereocenters. The predicted octanol–water partition coefficient (Wildman–Crippen LogP) is 4.21. The van der Waals surface area contributed by atoms with Crippen molar-refractivity contribution >= 4 is 66.0 Å². The van der Waals surface area contributed by atoms with Gasteiger partial charge in [-0.15, -0.1) is 0 Å². The first-order chi connectivity index (χ1) is 17.1. The van der Waals surface area contributed by atoms with Crippen molar-refractivity contribution in [1.82, 2.24) is 10.2 Å². The first-order valence-corrected chi connectivity index (χ1v) is 14.8. The Bertz CT molecular complexity index is 1290. The predicted molar refractivity (Wildman–Crippen MR) is 154 cm³/mol. The molecule has 0 saturated carbocycles. The summed E-state index contributed by atoms with van der Waals surface area (Å²) in [6.45, 7) is -0.292. The van der Waals surface area contributed by atoms with E-state index >= 15 is 0 Å². The molecule has 36 heavy (non-hydrogen) atoms. The maximum absolute atomic E-state index is 13.8. The van der Waals surface area contributed by atoms with E-state index in [0.29, 0.717) is 5.69 Å². The van der Waals surface area contributed by atoms with Gasteiger partial charge in [0.05, 0.1) is 11.9 Å². The lowest BCUT2D eigenvalue weighted by Gasteiger charge is -2.33. The maximum atomic E-state index is 13.8. The lowest BCUT2D eigenvalue weighted by molar-refractivity contribution is -0.139. The van der Waals surface area contributed by atoms with Gasteiger partial charge in [0, 0.05) is 28.1 Å². The van der Waals surface area contributed by atoms with Crippen LogP contribution in [0.3, 0.4) is 0 Å². The monoisotopic (exact) mass is 683 g/mol. The largest absolute Gasteiger partial charge is 0.357 e. The number of benzene rings is 3. The Hall–Kier alpha value is -2.44. The van der Waals surface area contributed by atoms with Gasteiger partial charge in [-0.05, 0) is 70.1 Å². The highest BCUT2D eigenvalue weighted by Gasteiger charge is 2.32. The molecule has 0 aliphatic heterocycles. The Morgan fingerprint density at radius 3 is 2.11 bits per heavy atom. The zero-order valence-electron chi connectivity index (χ0n) is 19.9. The molecule has 10 heteroatoms. The van der Waals surface area contributed by atoms with E-state index in [9.17, 15) is 18.0 Å². The van der Waals surface area contributed by atoms with Crippen LogP contribution in [0.15, 0.2) is 83.3 Å². The van der Waals surface area contributed by atoms with E-state index in [0.717, 1.165) is 29.7 Å². The highest BCUT2D eigenvalue weighted by Crippen LogP contribution is 2.22. The molecule has 0 aliphatic rings. The smallest absolute Gasteiger partial charge is 0.244 e. The number of halogens is 2. The Labute approximate surface area is 234 Å². The molecule has 190 valence electrons. The summed E-state index contributed by atoms with van der Waals surface area (Å²) in [5, 5.41) is 2.66. The molecule has 3 aromatic rings. The van der Waals surface area contributed by atoms with Gasteiger partial charge in [-0.1, -0.05) is 58.4 Å². The normalized spacial score (nSPS) is 12.0. The lowest BCUT2D eigenvalue weighted by atomic mass is 10.0. The van der Waals surface area contributed by atoms with Crippen LogP contribution in [-0.2, 0) is 32.6 Å². The van der Waals surface area contributed by atoms with Gasteiger partial charge < -0.3 is 10.2 Å². The summed E-state index contributed by atoms with van der Waals surface area (Å²) in [4.78, 5) is 28.3. The van der Waals surface area contributed by atoms with E-state index in [-0.39, 0.29) is 18.9 Å². The quantitative estimate of drug-likeness (QED) is 0.325. The van der Waals surface area contributed by atoms with Crippen LogP contribution in [0.5, 0.6) is 0 Å². The van der Waals surface area contributed by atoms with Crippen molar-refractivity contribution in [1.29, 1.82) is 0 Å². The number of hydrogen-bond donors (Lipinski definition) is 1. The highest BCUT2D eigenvalue weighted by atomic mass is 127. The number of nitrogens with zero attached hydrogens (tertiary/aromatic N) is 2. The van der Waals surface area contributed by atoms with Gasteiger partial charge in [0.15, 0.2) is 0 Å². The third-order valence-electron chi connectivity index (χ3n) is 5.58. The van der Waals surface area contributed by atoms with Crippen molar-refractivity contribution < 1.29 is 18.0 Å². The summed E-state index contributed by atoms with van der Waals surface area (Å²) >= 11 is 5.55. The van der Waals surface area contributed by atoms with Gasteiger partial charge in [0.2, 0.25) is 21.8 Å². The molecular weight excluding hydrogens is 657 g/mol. The van der Waals surface area contributed by atoms with Crippen LogP contribution in [0.2, 0.25) is 0 Å². The zero-order valence-corrected chi connectivity index (χ0v) is 24.5. The fourth-order valence-corrected chi connectivity index (χ4v) is 5.20. The van der Waals surface area contributed by atoms with Gasteiger partial charge in [0.1, 0.15) is 12.6 Å². The minimum absolute atomic E-state index is 0.140. The number of sulfonamides is 1. The second-order valence-corrected chi connectivity index (χ2v) is 12.3. The molecule has 0 aromatic heterocycles. The van der Waals surface area contributed by atoms with E-state index in [1.807, 2.05) is 54.6 Å². The Morgan fingerprint density at radius 2 is 1.56 bits per heavy atom. The Morgan fingerprint density at radius 1 is 0.944 bits per heavy atom. The molecule has 7 nitrogen and oxygen atoms in total. The van der Waals surface area contributed by atoms with Crippen molar-refractivity contribution in [2.24, 2.45) is 0 Å². The van der Waals surface area contributed by atoms with Crippen molar-refractivity contribution in [2.45, 2.75) is 19.0 Å². The van der Waals surface area contributed by atoms with Gasteiger partial charge in [0.25, 0.3) is 0 Å². The molecule has 0 bridgehead atoms. The SMILES string of the molecule is CNC(=O)C(Cc1ccccc1)N(Cc1ccc(Br)cc1)C(=O)CN(c1ccc(I)cc1)S(C)(=O)=O. The van der Waals surface area contributed by atoms with Gasteiger partial charge in [-0.3, -0.25) is 13.9 Å². The first kappa shape index (κ1) is 28.1. The third kappa shape index (κ3) is 7.78. The number of rotatable bonds is 10. The van der Waals surface area contributed by atoms with Gasteiger partial charge in [-0.2, -0.15) is 0 Å². The first-order valence-electron chi connectivity index (χ1n) is 11.1. The summed E-state index contributed by atoms with van der Waals surface area (Å²) in [6.07, 6.45) is 1.35. The molecule has 0 spiro atoms. The van der Waals surface area contributed by atoms with Crippen molar-refractivity contribution in [3.63, 3.8) is 0 Å². The number of amides is 2. The average Bonchev–Trinajstić information content (AvgIpc) is 2.86. The van der Waals surface area contributed by atoms with Crippen molar-refractivity contribution in [3.05, 3.63) is 98.0 Å². The molecule has 0 heterocycles. The summed E-state index contributed by atoms with van der Waals surface area (Å²) in [5.41, 5.74) is 2.08. The number of nitrogens with one attached hydrogen (secondary N) is 1. The molecule has 3 rings (SSSR count). The summed E-state index contributed by atoms with van der Waals surface area (Å²) in [7, 11) is -2.25. The topological polar surface area (TPSA) is 86.8 Å². The molecule has 1 unspecified atom stereocenters. The molecule has 0 saturated heterocycles. The maximum Gasteiger partial charge on any atom is 0.244 e. The Kier molecular flexibility index (Phi) is 9.92. The van der Waals surface area contributed by atoms with E-state index in [2.05, 4.69) is 43.8 Å². The van der Waals surface area contributed by atoms with Crippen LogP contribution in [0.4, 0.5) is 5.69 Å². The highest BCUT2D eigenvalue weighted by molar-refractivity contribution is 14.1. The van der Waals surface area contributed by atoms with Gasteiger partial charge in [-0.25, -0.2) is 8.42 Å². The number of carbonyl (C=O) groups is 2. The van der Waals surface area contributed by atoms with E-state index in [4.69, 9.17) is 0 Å². The summed E-state index contributed by atoms with van der Waals surface area (Å²) in [5.74, 6) is -0.809. The lowest BCUT2D eigenvalue weighted by Crippen LogP contribution is -2.52. The molecule has 0 radical (unpaired) electrons. The molecular formula is C26H27BrIN3O4S. The zero-order chi connectivity index (χ0) is 26.3.